The number of hydrogen-bond acceptors (Lipinski definition) is 7. The fourth-order valence-electron chi connectivity index (χ4n) is 4.84. The molecule has 3 heterocycles. The fraction of sp³-hybridized carbons (Fsp3) is 0.286. The lowest BCUT2D eigenvalue weighted by Gasteiger charge is -2.36. The van der Waals surface area contributed by atoms with Gasteiger partial charge in [0, 0.05) is 43.3 Å². The van der Waals surface area contributed by atoms with Crippen molar-refractivity contribution in [3.8, 4) is 5.75 Å². The lowest BCUT2D eigenvalue weighted by molar-refractivity contribution is 0.100. The van der Waals surface area contributed by atoms with E-state index in [2.05, 4.69) is 55.5 Å². The van der Waals surface area contributed by atoms with E-state index in [1.807, 2.05) is 18.2 Å². The van der Waals surface area contributed by atoms with Crippen LogP contribution in [0.2, 0.25) is 0 Å². The number of fused-ring (bicyclic) bond motifs is 1. The standard InChI is InChI=1S/C28H33N7O2/c1-3-10-34-11-13-35(14-12-34)19-8-9-23(26(15-19)37-2)32-27-16-21-24(17-30-18-25(21)33-27)31-22-7-5-4-6-20(22)28(29)36/h4-9,15-18,31-33H,3,10-14H2,1-2H3,(H2,29,36). The van der Waals surface area contributed by atoms with Gasteiger partial charge in [0.1, 0.15) is 11.6 Å². The van der Waals surface area contributed by atoms with E-state index in [1.165, 1.54) is 12.1 Å². The summed E-state index contributed by atoms with van der Waals surface area (Å²) in [7, 11) is 1.69. The summed E-state index contributed by atoms with van der Waals surface area (Å²) < 4.78 is 5.74. The van der Waals surface area contributed by atoms with Gasteiger partial charge in [-0.05, 0) is 43.3 Å². The Bertz CT molecular complexity index is 1390. The number of primary amides is 1. The molecule has 9 heteroatoms. The summed E-state index contributed by atoms with van der Waals surface area (Å²) in [5, 5.41) is 7.69. The fourth-order valence-corrected chi connectivity index (χ4v) is 4.84. The summed E-state index contributed by atoms with van der Waals surface area (Å²) in [4.78, 5) is 24.5. The van der Waals surface area contributed by atoms with Crippen LogP contribution in [0.3, 0.4) is 0 Å². The number of pyridine rings is 1. The Balaban J connectivity index is 1.36. The second-order valence-corrected chi connectivity index (χ2v) is 9.20. The number of H-pyrrole nitrogens is 1. The molecular weight excluding hydrogens is 466 g/mol. The van der Waals surface area contributed by atoms with E-state index in [0.29, 0.717) is 11.3 Å². The van der Waals surface area contributed by atoms with Crippen molar-refractivity contribution >= 4 is 45.4 Å². The second-order valence-electron chi connectivity index (χ2n) is 9.20. The number of amides is 1. The molecule has 1 fully saturated rings. The van der Waals surface area contributed by atoms with Crippen LogP contribution >= 0.6 is 0 Å². The van der Waals surface area contributed by atoms with E-state index in [1.54, 1.807) is 31.6 Å². The first-order valence-electron chi connectivity index (χ1n) is 12.6. The number of piperazine rings is 1. The molecule has 0 spiro atoms. The first kappa shape index (κ1) is 24.5. The maximum absolute atomic E-state index is 11.8. The van der Waals surface area contributed by atoms with E-state index in [-0.39, 0.29) is 0 Å². The monoisotopic (exact) mass is 499 g/mol. The normalized spacial score (nSPS) is 14.1. The van der Waals surface area contributed by atoms with E-state index >= 15 is 0 Å². The molecule has 1 aliphatic rings. The SMILES string of the molecule is CCCN1CCN(c2ccc(Nc3cc4c(Nc5ccccc5C(N)=O)cncc4[nH]3)c(OC)c2)CC1. The van der Waals surface area contributed by atoms with Gasteiger partial charge in [-0.3, -0.25) is 14.7 Å². The number of aromatic amines is 1. The summed E-state index contributed by atoms with van der Waals surface area (Å²) in [6.45, 7) is 7.58. The largest absolute Gasteiger partial charge is 0.494 e. The number of rotatable bonds is 9. The van der Waals surface area contributed by atoms with E-state index in [4.69, 9.17) is 10.5 Å². The van der Waals surface area contributed by atoms with Gasteiger partial charge in [0.25, 0.3) is 5.91 Å². The Kier molecular flexibility index (Phi) is 7.14. The van der Waals surface area contributed by atoms with E-state index < -0.39 is 5.91 Å². The molecule has 0 atom stereocenters. The lowest BCUT2D eigenvalue weighted by atomic mass is 10.1. The second kappa shape index (κ2) is 10.8. The molecule has 1 saturated heterocycles. The van der Waals surface area contributed by atoms with Crippen LogP contribution in [0.25, 0.3) is 10.9 Å². The molecule has 192 valence electrons. The summed E-state index contributed by atoms with van der Waals surface area (Å²) in [6, 6.07) is 15.4. The average molecular weight is 500 g/mol. The van der Waals surface area contributed by atoms with Crippen molar-refractivity contribution in [3.05, 3.63) is 66.5 Å². The Morgan fingerprint density at radius 2 is 1.84 bits per heavy atom. The molecular formula is C28H33N7O2. The minimum Gasteiger partial charge on any atom is -0.494 e. The molecule has 0 aliphatic carbocycles. The molecule has 5 rings (SSSR count). The number of ether oxygens (including phenoxy) is 1. The van der Waals surface area contributed by atoms with Crippen LogP contribution in [0.5, 0.6) is 5.75 Å². The van der Waals surface area contributed by atoms with E-state index in [0.717, 1.165) is 66.6 Å². The summed E-state index contributed by atoms with van der Waals surface area (Å²) in [6.07, 6.45) is 4.69. The number of hydrogen-bond donors (Lipinski definition) is 4. The molecule has 37 heavy (non-hydrogen) atoms. The van der Waals surface area contributed by atoms with Crippen LogP contribution in [-0.2, 0) is 0 Å². The van der Waals surface area contributed by atoms with Gasteiger partial charge in [0.15, 0.2) is 0 Å². The molecule has 9 nitrogen and oxygen atoms in total. The minimum atomic E-state index is -0.488. The number of aromatic nitrogens is 2. The number of methoxy groups -OCH3 is 1. The highest BCUT2D eigenvalue weighted by Gasteiger charge is 2.18. The van der Waals surface area contributed by atoms with Crippen LogP contribution in [0.15, 0.2) is 60.9 Å². The van der Waals surface area contributed by atoms with Gasteiger partial charge in [-0.2, -0.15) is 0 Å². The lowest BCUT2D eigenvalue weighted by Crippen LogP contribution is -2.46. The average Bonchev–Trinajstić information content (AvgIpc) is 3.33. The summed E-state index contributed by atoms with van der Waals surface area (Å²) in [5.41, 5.74) is 10.2. The van der Waals surface area contributed by atoms with Crippen LogP contribution in [-0.4, -0.2) is 60.6 Å². The Hall–Kier alpha value is -4.24. The number of nitrogens with two attached hydrogens (primary N) is 1. The predicted molar refractivity (Wildman–Crippen MR) is 150 cm³/mol. The highest BCUT2D eigenvalue weighted by Crippen LogP contribution is 2.35. The Labute approximate surface area is 216 Å². The molecule has 0 radical (unpaired) electrons. The van der Waals surface area contributed by atoms with Gasteiger partial charge >= 0.3 is 0 Å². The van der Waals surface area contributed by atoms with Crippen LogP contribution in [0.4, 0.5) is 28.6 Å². The van der Waals surface area contributed by atoms with Gasteiger partial charge < -0.3 is 31.0 Å². The maximum atomic E-state index is 11.8. The quantitative estimate of drug-likeness (QED) is 0.264. The highest BCUT2D eigenvalue weighted by atomic mass is 16.5. The molecule has 0 saturated carbocycles. The zero-order valence-corrected chi connectivity index (χ0v) is 21.3. The first-order valence-corrected chi connectivity index (χ1v) is 12.6. The van der Waals surface area contributed by atoms with Crippen molar-refractivity contribution in [3.63, 3.8) is 0 Å². The number of anilines is 5. The third-order valence-corrected chi connectivity index (χ3v) is 6.74. The number of nitrogens with one attached hydrogen (secondary N) is 3. The zero-order valence-electron chi connectivity index (χ0n) is 21.3. The van der Waals surface area contributed by atoms with Gasteiger partial charge in [0.2, 0.25) is 0 Å². The van der Waals surface area contributed by atoms with E-state index in [9.17, 15) is 4.79 Å². The number of carbonyl (C=O) groups excluding carboxylic acids is 1. The third kappa shape index (κ3) is 5.31. The van der Waals surface area contributed by atoms with Crippen molar-refractivity contribution in [2.75, 3.05) is 55.4 Å². The molecule has 1 amide bonds. The molecule has 2 aromatic carbocycles. The highest BCUT2D eigenvalue weighted by molar-refractivity contribution is 6.01. The topological polar surface area (TPSA) is 112 Å². The van der Waals surface area contributed by atoms with Crippen molar-refractivity contribution in [1.82, 2.24) is 14.9 Å². The third-order valence-electron chi connectivity index (χ3n) is 6.74. The van der Waals surface area contributed by atoms with Gasteiger partial charge in [-0.1, -0.05) is 19.1 Å². The van der Waals surface area contributed by atoms with Crippen molar-refractivity contribution in [2.24, 2.45) is 5.73 Å². The molecule has 0 unspecified atom stereocenters. The minimum absolute atomic E-state index is 0.421. The number of benzene rings is 2. The Morgan fingerprint density at radius 3 is 2.59 bits per heavy atom. The maximum Gasteiger partial charge on any atom is 0.250 e. The molecule has 4 aromatic rings. The number of para-hydroxylation sites is 1. The van der Waals surface area contributed by atoms with Gasteiger partial charge in [0.05, 0.1) is 47.6 Å². The molecule has 2 aromatic heterocycles. The van der Waals surface area contributed by atoms with Gasteiger partial charge in [-0.15, -0.1) is 0 Å². The number of nitrogens with zero attached hydrogens (tertiary/aromatic N) is 3. The van der Waals surface area contributed by atoms with Gasteiger partial charge in [-0.25, -0.2) is 0 Å². The van der Waals surface area contributed by atoms with Crippen molar-refractivity contribution in [1.29, 1.82) is 0 Å². The summed E-state index contributed by atoms with van der Waals surface area (Å²) >= 11 is 0. The predicted octanol–water partition coefficient (Wildman–Crippen LogP) is 4.69. The van der Waals surface area contributed by atoms with Crippen molar-refractivity contribution < 1.29 is 9.53 Å². The smallest absolute Gasteiger partial charge is 0.250 e. The molecule has 5 N–H and O–H groups in total. The number of carbonyl (C=O) groups is 1. The summed E-state index contributed by atoms with van der Waals surface area (Å²) in [5.74, 6) is 1.09. The zero-order chi connectivity index (χ0) is 25.8. The Morgan fingerprint density at radius 1 is 1.03 bits per heavy atom. The molecule has 0 bridgehead atoms. The van der Waals surface area contributed by atoms with Crippen LogP contribution < -0.4 is 26.0 Å². The van der Waals surface area contributed by atoms with Crippen molar-refractivity contribution in [2.45, 2.75) is 13.3 Å². The first-order chi connectivity index (χ1) is 18.1. The molecule has 1 aliphatic heterocycles. The van der Waals surface area contributed by atoms with Crippen LogP contribution in [0.1, 0.15) is 23.7 Å². The van der Waals surface area contributed by atoms with Crippen LogP contribution in [0, 0.1) is 0 Å².